The first kappa shape index (κ1) is 17.1. The molecule has 1 saturated heterocycles. The highest BCUT2D eigenvalue weighted by molar-refractivity contribution is 5.91. The molecule has 2 atom stereocenters. The third-order valence-electron chi connectivity index (χ3n) is 4.77. The second-order valence-corrected chi connectivity index (χ2v) is 6.34. The fraction of sp³-hybridized carbons (Fsp3) is 0.875. The van der Waals surface area contributed by atoms with E-state index in [1.54, 1.807) is 0 Å². The van der Waals surface area contributed by atoms with Gasteiger partial charge in [0.1, 0.15) is 6.04 Å². The molecule has 1 saturated carbocycles. The van der Waals surface area contributed by atoms with Gasteiger partial charge >= 0.3 is 6.09 Å². The Morgan fingerprint density at radius 3 is 2.64 bits per heavy atom. The minimum absolute atomic E-state index is 0.156. The third kappa shape index (κ3) is 4.35. The van der Waals surface area contributed by atoms with E-state index in [9.17, 15) is 9.59 Å². The summed E-state index contributed by atoms with van der Waals surface area (Å²) in [5.74, 6) is 0.639. The van der Waals surface area contributed by atoms with Crippen LogP contribution < -0.4 is 5.32 Å². The summed E-state index contributed by atoms with van der Waals surface area (Å²) in [7, 11) is 1.44. The van der Waals surface area contributed by atoms with Crippen LogP contribution in [-0.4, -0.2) is 42.9 Å². The summed E-state index contributed by atoms with van der Waals surface area (Å²) < 4.78 is 5.14. The van der Waals surface area contributed by atoms with E-state index in [0.717, 1.165) is 18.8 Å². The molecule has 2 rings (SSSR count). The lowest BCUT2D eigenvalue weighted by Crippen LogP contribution is -2.69. The first-order chi connectivity index (χ1) is 10.6. The molecule has 126 valence electrons. The number of β-lactam (4-membered cyclic amide) rings is 1. The van der Waals surface area contributed by atoms with Crippen LogP contribution in [0.25, 0.3) is 0 Å². The number of carbonyl (C=O) groups is 2. The highest BCUT2D eigenvalue weighted by Crippen LogP contribution is 2.27. The van der Waals surface area contributed by atoms with Gasteiger partial charge in [-0.1, -0.05) is 38.5 Å². The van der Waals surface area contributed by atoms with Crippen LogP contribution >= 0.6 is 0 Å². The molecule has 2 amide bonds. The van der Waals surface area contributed by atoms with Crippen molar-refractivity contribution in [2.45, 2.75) is 70.4 Å². The van der Waals surface area contributed by atoms with Gasteiger partial charge in [0.25, 0.3) is 5.91 Å². The van der Waals surface area contributed by atoms with Crippen molar-refractivity contribution in [1.82, 2.24) is 10.4 Å². The topological polar surface area (TPSA) is 67.9 Å². The molecule has 0 unspecified atom stereocenters. The van der Waals surface area contributed by atoms with Gasteiger partial charge in [-0.25, -0.2) is 9.86 Å². The van der Waals surface area contributed by atoms with E-state index < -0.39 is 12.1 Å². The zero-order valence-electron chi connectivity index (χ0n) is 13.7. The molecule has 1 aliphatic heterocycles. The minimum atomic E-state index is -0.533. The Morgan fingerprint density at radius 2 is 2.00 bits per heavy atom. The number of nitrogens with zero attached hydrogens (tertiary/aromatic N) is 1. The molecule has 1 N–H and O–H groups in total. The van der Waals surface area contributed by atoms with Gasteiger partial charge < -0.3 is 10.1 Å². The number of nitrogens with one attached hydrogen (secondary N) is 1. The van der Waals surface area contributed by atoms with Crippen molar-refractivity contribution in [3.8, 4) is 0 Å². The summed E-state index contributed by atoms with van der Waals surface area (Å²) in [6.45, 7) is 2.24. The largest absolute Gasteiger partial charge is 0.450 e. The zero-order valence-corrected chi connectivity index (χ0v) is 13.7. The predicted octanol–water partition coefficient (Wildman–Crippen LogP) is 2.62. The monoisotopic (exact) mass is 312 g/mol. The molecule has 2 fully saturated rings. The number of hydrogen-bond acceptors (Lipinski definition) is 4. The van der Waals surface area contributed by atoms with Gasteiger partial charge in [-0.2, -0.15) is 0 Å². The van der Waals surface area contributed by atoms with E-state index in [1.165, 1.54) is 50.7 Å². The number of carbonyl (C=O) groups excluding carboxylic acids is 2. The highest BCUT2D eigenvalue weighted by atomic mass is 16.7. The molecule has 0 aromatic heterocycles. The van der Waals surface area contributed by atoms with Crippen LogP contribution in [0.1, 0.15) is 58.3 Å². The molecule has 6 nitrogen and oxygen atoms in total. The summed E-state index contributed by atoms with van der Waals surface area (Å²) in [4.78, 5) is 28.2. The van der Waals surface area contributed by atoms with Gasteiger partial charge in [-0.15, -0.1) is 0 Å². The molecule has 0 bridgehead atoms. The third-order valence-corrected chi connectivity index (χ3v) is 4.77. The molecule has 1 aliphatic carbocycles. The summed E-state index contributed by atoms with van der Waals surface area (Å²) in [6, 6.07) is -0.689. The molecule has 0 aromatic rings. The van der Waals surface area contributed by atoms with E-state index in [4.69, 9.17) is 9.57 Å². The van der Waals surface area contributed by atoms with Crippen molar-refractivity contribution in [3.63, 3.8) is 0 Å². The van der Waals surface area contributed by atoms with Crippen molar-refractivity contribution in [2.75, 3.05) is 13.7 Å². The molecular formula is C16H28N2O4. The second-order valence-electron chi connectivity index (χ2n) is 6.34. The lowest BCUT2D eigenvalue weighted by Gasteiger charge is -2.42. The number of unbranched alkanes of at least 4 members (excludes halogenated alkanes) is 1. The first-order valence-corrected chi connectivity index (χ1v) is 8.44. The van der Waals surface area contributed by atoms with Gasteiger partial charge in [0.15, 0.2) is 0 Å². The summed E-state index contributed by atoms with van der Waals surface area (Å²) in [6.07, 6.45) is 9.57. The number of alkyl carbamates (subject to hydrolysis) is 1. The van der Waals surface area contributed by atoms with Crippen molar-refractivity contribution in [3.05, 3.63) is 0 Å². The van der Waals surface area contributed by atoms with Crippen LogP contribution in [0, 0.1) is 5.92 Å². The van der Waals surface area contributed by atoms with Crippen LogP contribution in [0.5, 0.6) is 0 Å². The number of hydrogen-bond donors (Lipinski definition) is 1. The summed E-state index contributed by atoms with van der Waals surface area (Å²) in [5, 5.41) is 3.83. The minimum Gasteiger partial charge on any atom is -0.450 e. The smallest absolute Gasteiger partial charge is 0.407 e. The number of rotatable bonds is 7. The SMILES string of the molecule is CON1C(=O)[C@H](NC(=O)OCCCCC2CCCCC2)[C@H]1C. The summed E-state index contributed by atoms with van der Waals surface area (Å²) in [5.41, 5.74) is 0. The molecule has 22 heavy (non-hydrogen) atoms. The Labute approximate surface area is 132 Å². The lowest BCUT2D eigenvalue weighted by atomic mass is 9.86. The normalized spacial score (nSPS) is 25.7. The van der Waals surface area contributed by atoms with Gasteiger partial charge in [-0.05, 0) is 25.7 Å². The molecule has 6 heteroatoms. The predicted molar refractivity (Wildman–Crippen MR) is 82.0 cm³/mol. The Balaban J connectivity index is 1.52. The van der Waals surface area contributed by atoms with Crippen LogP contribution in [0.4, 0.5) is 4.79 Å². The van der Waals surface area contributed by atoms with Crippen LogP contribution in [0.3, 0.4) is 0 Å². The maximum Gasteiger partial charge on any atom is 0.407 e. The van der Waals surface area contributed by atoms with Crippen LogP contribution in [-0.2, 0) is 14.4 Å². The quantitative estimate of drug-likeness (QED) is 0.579. The average Bonchev–Trinajstić information content (AvgIpc) is 2.54. The first-order valence-electron chi connectivity index (χ1n) is 8.44. The maximum atomic E-state index is 11.7. The van der Waals surface area contributed by atoms with E-state index >= 15 is 0 Å². The van der Waals surface area contributed by atoms with Crippen LogP contribution in [0.15, 0.2) is 0 Å². The van der Waals surface area contributed by atoms with Crippen molar-refractivity contribution >= 4 is 12.0 Å². The van der Waals surface area contributed by atoms with Gasteiger partial charge in [-0.3, -0.25) is 9.63 Å². The Hall–Kier alpha value is -1.30. The number of hydroxylamine groups is 2. The Kier molecular flexibility index (Phi) is 6.49. The van der Waals surface area contributed by atoms with Crippen molar-refractivity contribution in [2.24, 2.45) is 5.92 Å². The van der Waals surface area contributed by atoms with Gasteiger partial charge in [0, 0.05) is 0 Å². The number of ether oxygens (including phenoxy) is 1. The van der Waals surface area contributed by atoms with E-state index in [2.05, 4.69) is 5.32 Å². The number of amides is 2. The standard InChI is InChI=1S/C16H28N2O4/c1-12-14(15(19)18(12)21-2)17-16(20)22-11-7-6-10-13-8-4-3-5-9-13/h12-14H,3-11H2,1-2H3,(H,17,20)/t12-,14-/m1/s1. The van der Waals surface area contributed by atoms with Crippen molar-refractivity contribution in [1.29, 1.82) is 0 Å². The van der Waals surface area contributed by atoms with E-state index in [1.807, 2.05) is 6.92 Å². The molecule has 0 aromatic carbocycles. The van der Waals surface area contributed by atoms with Crippen molar-refractivity contribution < 1.29 is 19.2 Å². The van der Waals surface area contributed by atoms with Gasteiger partial charge in [0.2, 0.25) is 0 Å². The maximum absolute atomic E-state index is 11.7. The molecule has 2 aliphatic rings. The van der Waals surface area contributed by atoms with Crippen LogP contribution in [0.2, 0.25) is 0 Å². The lowest BCUT2D eigenvalue weighted by molar-refractivity contribution is -0.219. The molecule has 0 radical (unpaired) electrons. The zero-order chi connectivity index (χ0) is 15.9. The fourth-order valence-corrected chi connectivity index (χ4v) is 3.38. The Bertz CT molecular complexity index is 382. The van der Waals surface area contributed by atoms with E-state index in [0.29, 0.717) is 6.61 Å². The average molecular weight is 312 g/mol. The fourth-order valence-electron chi connectivity index (χ4n) is 3.38. The molecule has 1 heterocycles. The molecular weight excluding hydrogens is 284 g/mol. The Morgan fingerprint density at radius 1 is 1.27 bits per heavy atom. The summed E-state index contributed by atoms with van der Waals surface area (Å²) >= 11 is 0. The highest BCUT2D eigenvalue weighted by Gasteiger charge is 2.46. The van der Waals surface area contributed by atoms with E-state index in [-0.39, 0.29) is 11.9 Å². The molecule has 0 spiro atoms. The second kappa shape index (κ2) is 8.36. The van der Waals surface area contributed by atoms with Gasteiger partial charge in [0.05, 0.1) is 19.8 Å².